The SMILES string of the molecule is C#CCOc1ccccc1N1CCN(CCCNc2ncccc2C(=O)N(C)C)CC1. The van der Waals surface area contributed by atoms with Crippen LogP contribution in [0, 0.1) is 12.3 Å². The Morgan fingerprint density at radius 2 is 1.97 bits per heavy atom. The Morgan fingerprint density at radius 1 is 1.19 bits per heavy atom. The second-order valence-electron chi connectivity index (χ2n) is 7.67. The molecule has 1 amide bonds. The number of amides is 1. The maximum atomic E-state index is 12.3. The maximum Gasteiger partial charge on any atom is 0.257 e. The molecule has 0 saturated carbocycles. The van der Waals surface area contributed by atoms with Crippen LogP contribution in [-0.2, 0) is 0 Å². The van der Waals surface area contributed by atoms with Crippen molar-refractivity contribution in [1.82, 2.24) is 14.8 Å². The average molecular weight is 422 g/mol. The van der Waals surface area contributed by atoms with Gasteiger partial charge in [0, 0.05) is 53.0 Å². The number of hydrogen-bond acceptors (Lipinski definition) is 6. The number of piperazine rings is 1. The van der Waals surface area contributed by atoms with Gasteiger partial charge in [-0.2, -0.15) is 0 Å². The Labute approximate surface area is 185 Å². The van der Waals surface area contributed by atoms with Crippen LogP contribution in [0.3, 0.4) is 0 Å². The lowest BCUT2D eigenvalue weighted by molar-refractivity contribution is 0.0828. The molecule has 0 radical (unpaired) electrons. The highest BCUT2D eigenvalue weighted by Gasteiger charge is 2.19. The third-order valence-corrected chi connectivity index (χ3v) is 5.28. The van der Waals surface area contributed by atoms with Gasteiger partial charge in [-0.25, -0.2) is 4.98 Å². The average Bonchev–Trinajstić information content (AvgIpc) is 2.81. The van der Waals surface area contributed by atoms with Crippen LogP contribution < -0.4 is 15.0 Å². The van der Waals surface area contributed by atoms with E-state index in [2.05, 4.69) is 32.1 Å². The molecule has 164 valence electrons. The minimum Gasteiger partial charge on any atom is -0.479 e. The summed E-state index contributed by atoms with van der Waals surface area (Å²) in [5.41, 5.74) is 1.71. The lowest BCUT2D eigenvalue weighted by atomic mass is 10.2. The predicted octanol–water partition coefficient (Wildman–Crippen LogP) is 2.42. The summed E-state index contributed by atoms with van der Waals surface area (Å²) >= 11 is 0. The first-order valence-electron chi connectivity index (χ1n) is 10.6. The molecule has 1 fully saturated rings. The number of nitrogens with one attached hydrogen (secondary N) is 1. The molecule has 0 unspecified atom stereocenters. The van der Waals surface area contributed by atoms with E-state index in [1.165, 1.54) is 0 Å². The third kappa shape index (κ3) is 6.12. The molecule has 0 atom stereocenters. The molecule has 2 aromatic rings. The number of carbonyl (C=O) groups is 1. The molecule has 2 heterocycles. The standard InChI is InChI=1S/C24H31N5O2/c1-4-19-31-22-11-6-5-10-21(22)29-17-15-28(16-18-29)14-8-13-26-23-20(9-7-12-25-23)24(30)27(2)3/h1,5-7,9-12H,8,13-19H2,2-3H3,(H,25,26). The maximum absolute atomic E-state index is 12.3. The molecule has 0 spiro atoms. The number of para-hydroxylation sites is 2. The van der Waals surface area contributed by atoms with Crippen LogP contribution in [0.4, 0.5) is 11.5 Å². The van der Waals surface area contributed by atoms with Crippen molar-refractivity contribution in [2.45, 2.75) is 6.42 Å². The van der Waals surface area contributed by atoms with Gasteiger partial charge in [0.05, 0.1) is 11.3 Å². The zero-order chi connectivity index (χ0) is 22.1. The number of rotatable bonds is 9. The molecular formula is C24H31N5O2. The minimum absolute atomic E-state index is 0.0433. The second-order valence-corrected chi connectivity index (χ2v) is 7.67. The summed E-state index contributed by atoms with van der Waals surface area (Å²) in [5, 5.41) is 3.32. The van der Waals surface area contributed by atoms with Gasteiger partial charge in [-0.3, -0.25) is 9.69 Å². The first-order valence-corrected chi connectivity index (χ1v) is 10.6. The fraction of sp³-hybridized carbons (Fsp3) is 0.417. The van der Waals surface area contributed by atoms with E-state index in [1.54, 1.807) is 31.3 Å². The highest BCUT2D eigenvalue weighted by Crippen LogP contribution is 2.28. The summed E-state index contributed by atoms with van der Waals surface area (Å²) in [6, 6.07) is 11.7. The monoisotopic (exact) mass is 421 g/mol. The Bertz CT molecular complexity index is 901. The summed E-state index contributed by atoms with van der Waals surface area (Å²) in [5.74, 6) is 3.98. The number of terminal acetylenes is 1. The van der Waals surface area contributed by atoms with Gasteiger partial charge in [0.15, 0.2) is 0 Å². The number of hydrogen-bond donors (Lipinski definition) is 1. The normalized spacial score (nSPS) is 14.0. The number of anilines is 2. The van der Waals surface area contributed by atoms with E-state index in [-0.39, 0.29) is 12.5 Å². The number of aromatic nitrogens is 1. The predicted molar refractivity (Wildman–Crippen MR) is 125 cm³/mol. The number of pyridine rings is 1. The summed E-state index contributed by atoms with van der Waals surface area (Å²) in [4.78, 5) is 23.0. The van der Waals surface area contributed by atoms with Crippen molar-refractivity contribution in [1.29, 1.82) is 0 Å². The van der Waals surface area contributed by atoms with E-state index in [9.17, 15) is 4.79 Å². The summed E-state index contributed by atoms with van der Waals surface area (Å²) < 4.78 is 5.70. The van der Waals surface area contributed by atoms with Gasteiger partial charge in [-0.1, -0.05) is 18.1 Å². The fourth-order valence-electron chi connectivity index (χ4n) is 3.64. The van der Waals surface area contributed by atoms with Gasteiger partial charge >= 0.3 is 0 Å². The lowest BCUT2D eigenvalue weighted by Gasteiger charge is -2.36. The van der Waals surface area contributed by atoms with Crippen molar-refractivity contribution < 1.29 is 9.53 Å². The Morgan fingerprint density at radius 3 is 2.71 bits per heavy atom. The molecule has 1 N–H and O–H groups in total. The molecule has 1 aliphatic heterocycles. The highest BCUT2D eigenvalue weighted by molar-refractivity contribution is 5.98. The van der Waals surface area contributed by atoms with E-state index in [4.69, 9.17) is 11.2 Å². The van der Waals surface area contributed by atoms with Crippen molar-refractivity contribution in [2.75, 3.05) is 70.2 Å². The number of benzene rings is 1. The highest BCUT2D eigenvalue weighted by atomic mass is 16.5. The van der Waals surface area contributed by atoms with E-state index in [0.29, 0.717) is 11.4 Å². The zero-order valence-electron chi connectivity index (χ0n) is 18.4. The Hall–Kier alpha value is -3.24. The van der Waals surface area contributed by atoms with Crippen LogP contribution in [0.1, 0.15) is 16.8 Å². The van der Waals surface area contributed by atoms with Crippen molar-refractivity contribution in [3.63, 3.8) is 0 Å². The summed E-state index contributed by atoms with van der Waals surface area (Å²) in [6.07, 6.45) is 8.02. The molecule has 1 aliphatic rings. The van der Waals surface area contributed by atoms with Crippen molar-refractivity contribution in [2.24, 2.45) is 0 Å². The van der Waals surface area contributed by atoms with Gasteiger partial charge in [-0.15, -0.1) is 6.42 Å². The van der Waals surface area contributed by atoms with Gasteiger partial charge in [0.1, 0.15) is 18.2 Å². The van der Waals surface area contributed by atoms with Crippen molar-refractivity contribution in [3.05, 3.63) is 48.2 Å². The van der Waals surface area contributed by atoms with E-state index >= 15 is 0 Å². The van der Waals surface area contributed by atoms with E-state index in [1.807, 2.05) is 24.3 Å². The van der Waals surface area contributed by atoms with Crippen molar-refractivity contribution >= 4 is 17.4 Å². The van der Waals surface area contributed by atoms with Gasteiger partial charge < -0.3 is 19.9 Å². The molecule has 31 heavy (non-hydrogen) atoms. The summed E-state index contributed by atoms with van der Waals surface area (Å²) in [7, 11) is 3.50. The van der Waals surface area contributed by atoms with E-state index < -0.39 is 0 Å². The lowest BCUT2D eigenvalue weighted by Crippen LogP contribution is -2.47. The quantitative estimate of drug-likeness (QED) is 0.496. The van der Waals surface area contributed by atoms with Gasteiger partial charge in [-0.05, 0) is 37.2 Å². The zero-order valence-corrected chi connectivity index (χ0v) is 18.4. The number of ether oxygens (including phenoxy) is 1. The number of carbonyl (C=O) groups excluding carboxylic acids is 1. The fourth-order valence-corrected chi connectivity index (χ4v) is 3.64. The molecule has 7 heteroatoms. The molecule has 0 aliphatic carbocycles. The molecule has 0 bridgehead atoms. The second kappa shape index (κ2) is 11.2. The molecule has 1 saturated heterocycles. The number of nitrogens with zero attached hydrogens (tertiary/aromatic N) is 4. The first kappa shape index (κ1) is 22.4. The largest absolute Gasteiger partial charge is 0.479 e. The first-order chi connectivity index (χ1) is 15.1. The molecule has 7 nitrogen and oxygen atoms in total. The summed E-state index contributed by atoms with van der Waals surface area (Å²) in [6.45, 7) is 5.95. The molecule has 1 aromatic heterocycles. The smallest absolute Gasteiger partial charge is 0.257 e. The molecule has 3 rings (SSSR count). The van der Waals surface area contributed by atoms with Crippen LogP contribution in [0.5, 0.6) is 5.75 Å². The van der Waals surface area contributed by atoms with Gasteiger partial charge in [0.2, 0.25) is 0 Å². The van der Waals surface area contributed by atoms with Crippen LogP contribution >= 0.6 is 0 Å². The Balaban J connectivity index is 1.44. The van der Waals surface area contributed by atoms with Crippen LogP contribution in [0.25, 0.3) is 0 Å². The topological polar surface area (TPSA) is 60.9 Å². The van der Waals surface area contributed by atoms with Gasteiger partial charge in [0.25, 0.3) is 5.91 Å². The minimum atomic E-state index is -0.0433. The van der Waals surface area contributed by atoms with E-state index in [0.717, 1.165) is 57.1 Å². The van der Waals surface area contributed by atoms with Crippen molar-refractivity contribution in [3.8, 4) is 18.1 Å². The molecular weight excluding hydrogens is 390 g/mol. The third-order valence-electron chi connectivity index (χ3n) is 5.28. The Kier molecular flexibility index (Phi) is 8.13. The van der Waals surface area contributed by atoms with Crippen LogP contribution in [-0.4, -0.2) is 80.7 Å². The van der Waals surface area contributed by atoms with Crippen LogP contribution in [0.15, 0.2) is 42.6 Å². The molecule has 1 aromatic carbocycles. The van der Waals surface area contributed by atoms with Crippen LogP contribution in [0.2, 0.25) is 0 Å².